The largest absolute Gasteiger partial charge is 0.379 e. The van der Waals surface area contributed by atoms with E-state index in [0.29, 0.717) is 5.92 Å². The van der Waals surface area contributed by atoms with E-state index in [2.05, 4.69) is 25.7 Å². The van der Waals surface area contributed by atoms with Crippen LogP contribution in [0.15, 0.2) is 9.95 Å². The molecule has 0 bridgehead atoms. The Bertz CT molecular complexity index is 868. The molecule has 3 heterocycles. The van der Waals surface area contributed by atoms with Crippen molar-refractivity contribution in [2.45, 2.75) is 51.2 Å². The summed E-state index contributed by atoms with van der Waals surface area (Å²) in [6.45, 7) is 11.1. The molecule has 0 aromatic carbocycles. The molecule has 1 saturated heterocycles. The molecule has 27 heavy (non-hydrogen) atoms. The third kappa shape index (κ3) is 3.97. The number of hydrogen-bond donors (Lipinski definition) is 0. The molecule has 0 amide bonds. The summed E-state index contributed by atoms with van der Waals surface area (Å²) in [6.07, 6.45) is 3.29. The number of aryl methyl sites for hydroxylation is 1. The molecule has 2 aliphatic rings. The zero-order valence-corrected chi connectivity index (χ0v) is 18.1. The van der Waals surface area contributed by atoms with Crippen molar-refractivity contribution in [1.82, 2.24) is 14.5 Å². The summed E-state index contributed by atoms with van der Waals surface area (Å²) < 4.78 is 7.34. The van der Waals surface area contributed by atoms with Crippen molar-refractivity contribution in [1.29, 1.82) is 0 Å². The molecule has 1 aliphatic heterocycles. The van der Waals surface area contributed by atoms with Gasteiger partial charge in [0.2, 0.25) is 0 Å². The number of thiophene rings is 1. The zero-order chi connectivity index (χ0) is 19.0. The first-order valence-electron chi connectivity index (χ1n) is 10.0. The summed E-state index contributed by atoms with van der Waals surface area (Å²) in [5.74, 6) is 1.66. The zero-order valence-electron chi connectivity index (χ0n) is 16.5. The third-order valence-corrected chi connectivity index (χ3v) is 7.67. The van der Waals surface area contributed by atoms with Crippen molar-refractivity contribution in [3.8, 4) is 0 Å². The van der Waals surface area contributed by atoms with Crippen LogP contribution in [0.1, 0.15) is 43.7 Å². The molecule has 1 fully saturated rings. The molecule has 0 saturated carbocycles. The smallest absolute Gasteiger partial charge is 0.263 e. The van der Waals surface area contributed by atoms with E-state index in [1.165, 1.54) is 16.9 Å². The van der Waals surface area contributed by atoms with Crippen LogP contribution in [0, 0.1) is 5.92 Å². The summed E-state index contributed by atoms with van der Waals surface area (Å²) in [4.78, 5) is 23.1. The fraction of sp³-hybridized carbons (Fsp3) is 0.700. The van der Waals surface area contributed by atoms with E-state index in [1.54, 1.807) is 23.1 Å². The highest BCUT2D eigenvalue weighted by molar-refractivity contribution is 7.99. The quantitative estimate of drug-likeness (QED) is 0.560. The van der Waals surface area contributed by atoms with Crippen LogP contribution in [0.25, 0.3) is 10.2 Å². The number of morpholine rings is 1. The predicted molar refractivity (Wildman–Crippen MR) is 113 cm³/mol. The lowest BCUT2D eigenvalue weighted by Gasteiger charge is -2.26. The molecule has 2 aromatic heterocycles. The number of thioether (sulfide) groups is 1. The van der Waals surface area contributed by atoms with Crippen LogP contribution in [0.4, 0.5) is 0 Å². The van der Waals surface area contributed by atoms with Gasteiger partial charge in [0.1, 0.15) is 4.83 Å². The van der Waals surface area contributed by atoms with Crippen LogP contribution in [-0.4, -0.2) is 53.1 Å². The van der Waals surface area contributed by atoms with Crippen molar-refractivity contribution in [2.24, 2.45) is 5.92 Å². The van der Waals surface area contributed by atoms with Gasteiger partial charge in [-0.2, -0.15) is 0 Å². The van der Waals surface area contributed by atoms with Crippen molar-refractivity contribution >= 4 is 33.3 Å². The van der Waals surface area contributed by atoms with Gasteiger partial charge in [-0.1, -0.05) is 18.7 Å². The van der Waals surface area contributed by atoms with E-state index in [9.17, 15) is 4.79 Å². The van der Waals surface area contributed by atoms with Gasteiger partial charge in [-0.25, -0.2) is 4.98 Å². The summed E-state index contributed by atoms with van der Waals surface area (Å²) in [5.41, 5.74) is 1.45. The molecule has 0 radical (unpaired) electrons. The second kappa shape index (κ2) is 8.23. The van der Waals surface area contributed by atoms with E-state index >= 15 is 0 Å². The maximum atomic E-state index is 13.4. The van der Waals surface area contributed by atoms with Crippen molar-refractivity contribution in [3.63, 3.8) is 0 Å². The first-order chi connectivity index (χ1) is 13.0. The lowest BCUT2D eigenvalue weighted by atomic mass is 9.89. The summed E-state index contributed by atoms with van der Waals surface area (Å²) in [5, 5.41) is 1.77. The Balaban J connectivity index is 1.63. The second-order valence-electron chi connectivity index (χ2n) is 8.00. The highest BCUT2D eigenvalue weighted by Crippen LogP contribution is 2.36. The molecule has 7 heteroatoms. The molecule has 0 unspecified atom stereocenters. The van der Waals surface area contributed by atoms with Crippen LogP contribution in [-0.2, 0) is 17.6 Å². The van der Waals surface area contributed by atoms with Crippen LogP contribution >= 0.6 is 23.1 Å². The van der Waals surface area contributed by atoms with Crippen LogP contribution < -0.4 is 5.56 Å². The summed E-state index contributed by atoms with van der Waals surface area (Å²) >= 11 is 3.47. The average Bonchev–Trinajstić information content (AvgIpc) is 2.99. The van der Waals surface area contributed by atoms with Crippen LogP contribution in [0.2, 0.25) is 0 Å². The molecule has 1 aliphatic carbocycles. The average molecular weight is 408 g/mol. The van der Waals surface area contributed by atoms with Gasteiger partial charge >= 0.3 is 0 Å². The molecule has 1 atom stereocenters. The Morgan fingerprint density at radius 1 is 1.33 bits per heavy atom. The van der Waals surface area contributed by atoms with Gasteiger partial charge < -0.3 is 4.74 Å². The number of nitrogens with zero attached hydrogens (tertiary/aromatic N) is 3. The van der Waals surface area contributed by atoms with E-state index < -0.39 is 0 Å². The maximum absolute atomic E-state index is 13.4. The first kappa shape index (κ1) is 19.4. The predicted octanol–water partition coefficient (Wildman–Crippen LogP) is 3.59. The molecular formula is C20H29N3O2S2. The molecule has 0 N–H and O–H groups in total. The van der Waals surface area contributed by atoms with Gasteiger partial charge in [-0.05, 0) is 44.6 Å². The maximum Gasteiger partial charge on any atom is 0.263 e. The Labute approximate surface area is 169 Å². The third-order valence-electron chi connectivity index (χ3n) is 5.59. The van der Waals surface area contributed by atoms with Gasteiger partial charge in [0.25, 0.3) is 5.56 Å². The summed E-state index contributed by atoms with van der Waals surface area (Å²) in [7, 11) is 0. The number of rotatable bonds is 5. The second-order valence-corrected chi connectivity index (χ2v) is 10.1. The van der Waals surface area contributed by atoms with Crippen molar-refractivity contribution < 1.29 is 4.74 Å². The van der Waals surface area contributed by atoms with Gasteiger partial charge in [-0.15, -0.1) is 11.3 Å². The lowest BCUT2D eigenvalue weighted by Crippen LogP contribution is -2.37. The fourth-order valence-corrected chi connectivity index (χ4v) is 6.58. The standard InChI is InChI=1S/C20H29N3O2S2/c1-13(2)23-19(24)17-15-5-4-14(3)12-16(15)27-18(17)21-20(23)26-11-8-22-6-9-25-10-7-22/h13-14H,4-12H2,1-3H3/t14-/m0/s1. The molecule has 0 spiro atoms. The van der Waals surface area contributed by atoms with E-state index in [0.717, 1.165) is 66.8 Å². The molecule has 5 nitrogen and oxygen atoms in total. The minimum atomic E-state index is 0.123. The monoisotopic (exact) mass is 407 g/mol. The molecular weight excluding hydrogens is 378 g/mol. The van der Waals surface area contributed by atoms with Crippen molar-refractivity contribution in [3.05, 3.63) is 20.8 Å². The normalized spacial score (nSPS) is 21.1. The van der Waals surface area contributed by atoms with Crippen LogP contribution in [0.3, 0.4) is 0 Å². The molecule has 2 aromatic rings. The number of fused-ring (bicyclic) bond motifs is 3. The first-order valence-corrected chi connectivity index (χ1v) is 11.8. The van der Waals surface area contributed by atoms with Gasteiger partial charge in [-0.3, -0.25) is 14.3 Å². The summed E-state index contributed by atoms with van der Waals surface area (Å²) in [6, 6.07) is 0.123. The highest BCUT2D eigenvalue weighted by atomic mass is 32.2. The minimum absolute atomic E-state index is 0.123. The Morgan fingerprint density at radius 3 is 2.85 bits per heavy atom. The van der Waals surface area contributed by atoms with E-state index in [-0.39, 0.29) is 11.6 Å². The van der Waals surface area contributed by atoms with Crippen molar-refractivity contribution in [2.75, 3.05) is 38.6 Å². The number of ether oxygens (including phenoxy) is 1. The van der Waals surface area contributed by atoms with Crippen LogP contribution in [0.5, 0.6) is 0 Å². The minimum Gasteiger partial charge on any atom is -0.379 e. The van der Waals surface area contributed by atoms with E-state index in [4.69, 9.17) is 9.72 Å². The number of aromatic nitrogens is 2. The fourth-order valence-electron chi connectivity index (χ4n) is 4.03. The Morgan fingerprint density at radius 2 is 2.11 bits per heavy atom. The Hall–Kier alpha value is -0.890. The van der Waals surface area contributed by atoms with Gasteiger partial charge in [0.05, 0.1) is 18.6 Å². The molecule has 148 valence electrons. The van der Waals surface area contributed by atoms with Gasteiger partial charge in [0.15, 0.2) is 5.16 Å². The number of hydrogen-bond acceptors (Lipinski definition) is 6. The highest BCUT2D eigenvalue weighted by Gasteiger charge is 2.25. The van der Waals surface area contributed by atoms with E-state index in [1.807, 2.05) is 4.57 Å². The Kier molecular flexibility index (Phi) is 5.92. The SMILES string of the molecule is CC(C)n1c(SCCN2CCOCC2)nc2sc3c(c2c1=O)CC[C@H](C)C3. The lowest BCUT2D eigenvalue weighted by molar-refractivity contribution is 0.0410. The molecule has 4 rings (SSSR count). The van der Waals surface area contributed by atoms with Gasteiger partial charge in [0, 0.05) is 36.3 Å². The topological polar surface area (TPSA) is 47.4 Å².